The van der Waals surface area contributed by atoms with E-state index in [0.29, 0.717) is 17.6 Å². The Kier molecular flexibility index (Phi) is 5.78. The summed E-state index contributed by atoms with van der Waals surface area (Å²) in [5.74, 6) is 2.39. The van der Waals surface area contributed by atoms with Crippen LogP contribution in [0, 0.1) is 0 Å². The van der Waals surface area contributed by atoms with Crippen molar-refractivity contribution < 1.29 is 4.79 Å². The Labute approximate surface area is 153 Å². The highest BCUT2D eigenvalue weighted by Gasteiger charge is 2.23. The van der Waals surface area contributed by atoms with Crippen LogP contribution in [0.3, 0.4) is 0 Å². The molecule has 1 aliphatic rings. The number of benzene rings is 1. The molecule has 1 fully saturated rings. The van der Waals surface area contributed by atoms with Gasteiger partial charge >= 0.3 is 0 Å². The molecular weight excluding hydrogens is 332 g/mol. The van der Waals surface area contributed by atoms with Crippen LogP contribution < -0.4 is 5.32 Å². The Hall–Kier alpha value is -1.82. The van der Waals surface area contributed by atoms with Crippen molar-refractivity contribution in [3.8, 4) is 0 Å². The van der Waals surface area contributed by atoms with Crippen molar-refractivity contribution in [1.29, 1.82) is 0 Å². The van der Waals surface area contributed by atoms with Gasteiger partial charge in [0.15, 0.2) is 5.16 Å². The van der Waals surface area contributed by atoms with Crippen molar-refractivity contribution >= 4 is 23.4 Å². The molecule has 0 radical (unpaired) electrons. The molecule has 134 valence electrons. The van der Waals surface area contributed by atoms with Gasteiger partial charge in [0.1, 0.15) is 5.82 Å². The molecule has 0 atom stereocenters. The number of thioether (sulfide) groups is 1. The van der Waals surface area contributed by atoms with Gasteiger partial charge < -0.3 is 9.88 Å². The summed E-state index contributed by atoms with van der Waals surface area (Å²) in [6.45, 7) is 4.32. The highest BCUT2D eigenvalue weighted by molar-refractivity contribution is 7.99. The molecule has 0 spiro atoms. The van der Waals surface area contributed by atoms with Gasteiger partial charge in [-0.3, -0.25) is 4.79 Å². The first-order valence-corrected chi connectivity index (χ1v) is 9.95. The van der Waals surface area contributed by atoms with E-state index in [1.807, 2.05) is 23.7 Å². The molecule has 1 aromatic heterocycles. The van der Waals surface area contributed by atoms with Crippen molar-refractivity contribution in [2.24, 2.45) is 7.05 Å². The summed E-state index contributed by atoms with van der Waals surface area (Å²) in [7, 11) is 2.00. The Balaban J connectivity index is 1.53. The van der Waals surface area contributed by atoms with E-state index in [1.54, 1.807) is 0 Å². The topological polar surface area (TPSA) is 59.8 Å². The van der Waals surface area contributed by atoms with Crippen LogP contribution in [0.4, 0.5) is 5.69 Å². The van der Waals surface area contributed by atoms with E-state index in [1.165, 1.54) is 43.0 Å². The smallest absolute Gasteiger partial charge is 0.234 e. The van der Waals surface area contributed by atoms with E-state index >= 15 is 0 Å². The maximum Gasteiger partial charge on any atom is 0.234 e. The van der Waals surface area contributed by atoms with Crippen LogP contribution in [0.2, 0.25) is 0 Å². The van der Waals surface area contributed by atoms with Gasteiger partial charge in [0.25, 0.3) is 0 Å². The third-order valence-electron chi connectivity index (χ3n) is 4.78. The van der Waals surface area contributed by atoms with Crippen LogP contribution in [0.15, 0.2) is 29.4 Å². The van der Waals surface area contributed by atoms with E-state index in [0.717, 1.165) is 16.7 Å². The zero-order valence-corrected chi connectivity index (χ0v) is 16.0. The lowest BCUT2D eigenvalue weighted by atomic mass is 10.0. The van der Waals surface area contributed by atoms with Crippen LogP contribution in [0.25, 0.3) is 0 Å². The molecule has 3 rings (SSSR count). The van der Waals surface area contributed by atoms with Crippen molar-refractivity contribution in [2.75, 3.05) is 11.1 Å². The predicted molar refractivity (Wildman–Crippen MR) is 102 cm³/mol. The SMILES string of the molecule is CC(C)c1ccc(NC(=O)CSc2nnc(C3CCCC3)n2C)cc1. The van der Waals surface area contributed by atoms with Crippen LogP contribution in [0.5, 0.6) is 0 Å². The lowest BCUT2D eigenvalue weighted by Gasteiger charge is -2.09. The molecule has 6 heteroatoms. The van der Waals surface area contributed by atoms with Crippen LogP contribution in [-0.2, 0) is 11.8 Å². The maximum atomic E-state index is 12.2. The molecule has 25 heavy (non-hydrogen) atoms. The van der Waals surface area contributed by atoms with Gasteiger partial charge in [-0.15, -0.1) is 10.2 Å². The average molecular weight is 359 g/mol. The fourth-order valence-corrected chi connectivity index (χ4v) is 3.99. The Morgan fingerprint density at radius 1 is 1.24 bits per heavy atom. The minimum atomic E-state index is -0.0206. The standard InChI is InChI=1S/C19H26N4OS/c1-13(2)14-8-10-16(11-9-14)20-17(24)12-25-19-22-21-18(23(19)3)15-6-4-5-7-15/h8-11,13,15H,4-7,12H2,1-3H3,(H,20,24). The summed E-state index contributed by atoms with van der Waals surface area (Å²) in [6, 6.07) is 8.03. The van der Waals surface area contributed by atoms with Gasteiger partial charge in [0.05, 0.1) is 5.75 Å². The van der Waals surface area contributed by atoms with Crippen LogP contribution in [-0.4, -0.2) is 26.4 Å². The number of nitrogens with zero attached hydrogens (tertiary/aromatic N) is 3. The number of nitrogens with one attached hydrogen (secondary N) is 1. The monoisotopic (exact) mass is 358 g/mol. The number of hydrogen-bond acceptors (Lipinski definition) is 4. The van der Waals surface area contributed by atoms with Gasteiger partial charge in [0.2, 0.25) is 5.91 Å². The number of carbonyl (C=O) groups excluding carboxylic acids is 1. The third-order valence-corrected chi connectivity index (χ3v) is 5.80. The average Bonchev–Trinajstić information content (AvgIpc) is 3.23. The number of rotatable bonds is 6. The minimum Gasteiger partial charge on any atom is -0.325 e. The minimum absolute atomic E-state index is 0.0206. The van der Waals surface area contributed by atoms with Crippen molar-refractivity contribution in [3.05, 3.63) is 35.7 Å². The van der Waals surface area contributed by atoms with E-state index < -0.39 is 0 Å². The Morgan fingerprint density at radius 2 is 1.92 bits per heavy atom. The van der Waals surface area contributed by atoms with Crippen molar-refractivity contribution in [3.63, 3.8) is 0 Å². The van der Waals surface area contributed by atoms with Gasteiger partial charge in [-0.25, -0.2) is 0 Å². The number of anilines is 1. The maximum absolute atomic E-state index is 12.2. The van der Waals surface area contributed by atoms with Gasteiger partial charge in [-0.05, 0) is 36.5 Å². The second-order valence-electron chi connectivity index (χ2n) is 6.99. The first-order valence-electron chi connectivity index (χ1n) is 8.96. The molecule has 1 N–H and O–H groups in total. The van der Waals surface area contributed by atoms with Gasteiger partial charge in [-0.2, -0.15) is 0 Å². The highest BCUT2D eigenvalue weighted by atomic mass is 32.2. The molecule has 1 saturated carbocycles. The van der Waals surface area contributed by atoms with E-state index in [9.17, 15) is 4.79 Å². The number of hydrogen-bond donors (Lipinski definition) is 1. The second-order valence-corrected chi connectivity index (χ2v) is 7.94. The molecule has 0 bridgehead atoms. The zero-order valence-electron chi connectivity index (χ0n) is 15.2. The lowest BCUT2D eigenvalue weighted by molar-refractivity contribution is -0.113. The van der Waals surface area contributed by atoms with Crippen LogP contribution >= 0.6 is 11.8 Å². The largest absolute Gasteiger partial charge is 0.325 e. The number of aromatic nitrogens is 3. The van der Waals surface area contributed by atoms with Crippen LogP contribution in [0.1, 0.15) is 62.8 Å². The van der Waals surface area contributed by atoms with Gasteiger partial charge in [-0.1, -0.05) is 50.6 Å². The van der Waals surface area contributed by atoms with Crippen molar-refractivity contribution in [2.45, 2.75) is 56.5 Å². The molecule has 1 aromatic carbocycles. The highest BCUT2D eigenvalue weighted by Crippen LogP contribution is 2.33. The summed E-state index contributed by atoms with van der Waals surface area (Å²) in [5.41, 5.74) is 2.10. The van der Waals surface area contributed by atoms with E-state index in [-0.39, 0.29) is 5.91 Å². The summed E-state index contributed by atoms with van der Waals surface area (Å²) in [5, 5.41) is 12.4. The number of carbonyl (C=O) groups is 1. The van der Waals surface area contributed by atoms with Gasteiger partial charge in [0, 0.05) is 18.7 Å². The summed E-state index contributed by atoms with van der Waals surface area (Å²) in [4.78, 5) is 12.2. The quantitative estimate of drug-likeness (QED) is 0.781. The summed E-state index contributed by atoms with van der Waals surface area (Å²) < 4.78 is 2.05. The normalized spacial score (nSPS) is 15.0. The molecule has 1 aliphatic carbocycles. The molecule has 1 amide bonds. The van der Waals surface area contributed by atoms with E-state index in [2.05, 4.69) is 41.5 Å². The molecule has 5 nitrogen and oxygen atoms in total. The number of amides is 1. The molecule has 1 heterocycles. The Morgan fingerprint density at radius 3 is 2.56 bits per heavy atom. The van der Waals surface area contributed by atoms with E-state index in [4.69, 9.17) is 0 Å². The molecule has 2 aromatic rings. The summed E-state index contributed by atoms with van der Waals surface area (Å²) in [6.07, 6.45) is 4.95. The second kappa shape index (κ2) is 8.04. The molecule has 0 saturated heterocycles. The Bertz CT molecular complexity index is 718. The molecule has 0 unspecified atom stereocenters. The predicted octanol–water partition coefficient (Wildman–Crippen LogP) is 4.33. The lowest BCUT2D eigenvalue weighted by Crippen LogP contribution is -2.14. The fraction of sp³-hybridized carbons (Fsp3) is 0.526. The first kappa shape index (κ1) is 18.0. The molecular formula is C19H26N4OS. The zero-order chi connectivity index (χ0) is 17.8. The summed E-state index contributed by atoms with van der Waals surface area (Å²) >= 11 is 1.44. The first-order chi connectivity index (χ1) is 12.0. The van der Waals surface area contributed by atoms with Crippen molar-refractivity contribution in [1.82, 2.24) is 14.8 Å². The third kappa shape index (κ3) is 4.42. The fourth-order valence-electron chi connectivity index (χ4n) is 3.27. The molecule has 0 aliphatic heterocycles.